The van der Waals surface area contributed by atoms with Gasteiger partial charge in [0.1, 0.15) is 17.3 Å². The van der Waals surface area contributed by atoms with Gasteiger partial charge in [-0.2, -0.15) is 13.2 Å². The topological polar surface area (TPSA) is 166 Å². The van der Waals surface area contributed by atoms with Crippen molar-refractivity contribution in [3.8, 4) is 11.5 Å². The van der Waals surface area contributed by atoms with Crippen LogP contribution in [-0.2, 0) is 16.1 Å². The lowest BCUT2D eigenvalue weighted by Gasteiger charge is -2.19. The molecule has 0 saturated heterocycles. The van der Waals surface area contributed by atoms with Crippen molar-refractivity contribution >= 4 is 29.5 Å². The van der Waals surface area contributed by atoms with Gasteiger partial charge in [0.25, 0.3) is 5.91 Å². The first kappa shape index (κ1) is 32.9. The molecule has 0 spiro atoms. The molecule has 1 saturated carbocycles. The number of carbonyl (C=O) groups excluding carboxylic acids is 2. The quantitative estimate of drug-likeness (QED) is 0.289. The van der Waals surface area contributed by atoms with Crippen molar-refractivity contribution in [3.05, 3.63) is 58.1 Å². The molecule has 0 radical (unpaired) electrons. The van der Waals surface area contributed by atoms with Crippen LogP contribution in [0.15, 0.2) is 30.3 Å². The van der Waals surface area contributed by atoms with E-state index in [1.54, 1.807) is 36.2 Å². The van der Waals surface area contributed by atoms with Gasteiger partial charge in [-0.25, -0.2) is 9.59 Å². The summed E-state index contributed by atoms with van der Waals surface area (Å²) in [5, 5.41) is 27.4. The number of halogens is 3. The molecule has 4 N–H and O–H groups in total. The van der Waals surface area contributed by atoms with Crippen LogP contribution in [-0.4, -0.2) is 77.6 Å². The number of Topliss-reactive ketones (excluding diaryl/α,β-unsaturated/α-hetero) is 1. The van der Waals surface area contributed by atoms with E-state index >= 15 is 0 Å². The summed E-state index contributed by atoms with van der Waals surface area (Å²) in [7, 11) is 1.54. The second-order valence-corrected chi connectivity index (χ2v) is 9.86. The minimum Gasteiger partial charge on any atom is -0.493 e. The minimum absolute atomic E-state index is 0.00618. The first-order chi connectivity index (χ1) is 20.3. The van der Waals surface area contributed by atoms with Crippen LogP contribution in [0.2, 0.25) is 0 Å². The summed E-state index contributed by atoms with van der Waals surface area (Å²) in [4.78, 5) is 47.2. The highest BCUT2D eigenvalue weighted by Crippen LogP contribution is 2.39. The summed E-state index contributed by atoms with van der Waals surface area (Å²) in [6, 6.07) is 8.58. The van der Waals surface area contributed by atoms with Gasteiger partial charge in [0.05, 0.1) is 18.7 Å². The van der Waals surface area contributed by atoms with Crippen LogP contribution in [0, 0.1) is 5.41 Å². The number of hydrogen-bond acceptors (Lipinski definition) is 7. The number of fused-ring (bicyclic) bond motifs is 1. The van der Waals surface area contributed by atoms with Gasteiger partial charge in [0.15, 0.2) is 12.4 Å². The molecule has 1 fully saturated rings. The molecule has 0 aromatic heterocycles. The Morgan fingerprint density at radius 1 is 1.05 bits per heavy atom. The summed E-state index contributed by atoms with van der Waals surface area (Å²) in [5.41, 5.74) is 3.16. The molecular weight excluding hydrogens is 575 g/mol. The summed E-state index contributed by atoms with van der Waals surface area (Å²) in [5.74, 6) is -2.87. The Morgan fingerprint density at radius 2 is 1.70 bits per heavy atom. The van der Waals surface area contributed by atoms with Gasteiger partial charge >= 0.3 is 18.1 Å². The number of rotatable bonds is 10. The zero-order chi connectivity index (χ0) is 31.9. The molecule has 2 aromatic rings. The van der Waals surface area contributed by atoms with Crippen molar-refractivity contribution in [2.75, 3.05) is 26.8 Å². The van der Waals surface area contributed by atoms with Crippen LogP contribution in [0.1, 0.15) is 75.9 Å². The van der Waals surface area contributed by atoms with Crippen molar-refractivity contribution in [3.63, 3.8) is 0 Å². The highest BCUT2D eigenvalue weighted by atomic mass is 19.4. The van der Waals surface area contributed by atoms with Crippen LogP contribution in [0.3, 0.4) is 0 Å². The summed E-state index contributed by atoms with van der Waals surface area (Å²) >= 11 is 0. The summed E-state index contributed by atoms with van der Waals surface area (Å²) < 4.78 is 42.9. The molecule has 2 aromatic carbocycles. The Labute approximate surface area is 245 Å². The van der Waals surface area contributed by atoms with E-state index < -0.39 is 24.7 Å². The molecule has 43 heavy (non-hydrogen) atoms. The number of nitrogens with one attached hydrogen (secondary N) is 2. The second kappa shape index (κ2) is 14.0. The van der Waals surface area contributed by atoms with E-state index in [9.17, 15) is 27.6 Å². The number of aliphatic carboxylic acids is 2. The highest BCUT2D eigenvalue weighted by molar-refractivity contribution is 6.07. The smallest absolute Gasteiger partial charge is 0.490 e. The maximum atomic E-state index is 13.3. The van der Waals surface area contributed by atoms with Gasteiger partial charge < -0.3 is 29.9 Å². The maximum absolute atomic E-state index is 13.3. The van der Waals surface area contributed by atoms with Crippen molar-refractivity contribution < 1.29 is 52.0 Å². The predicted octanol–water partition coefficient (Wildman–Crippen LogP) is 4.22. The molecule has 0 bridgehead atoms. The predicted molar refractivity (Wildman–Crippen MR) is 147 cm³/mol. The van der Waals surface area contributed by atoms with Crippen LogP contribution in [0.25, 0.3) is 0 Å². The fourth-order valence-electron chi connectivity index (χ4n) is 4.96. The van der Waals surface area contributed by atoms with Crippen molar-refractivity contribution in [1.82, 2.24) is 10.2 Å². The van der Waals surface area contributed by atoms with Crippen LogP contribution in [0.5, 0.6) is 11.5 Å². The molecule has 0 unspecified atom stereocenters. The number of hydrogen-bond donors (Lipinski definition) is 4. The number of amides is 1. The zero-order valence-corrected chi connectivity index (χ0v) is 23.5. The molecule has 14 heteroatoms. The largest absolute Gasteiger partial charge is 0.493 e. The lowest BCUT2D eigenvalue weighted by atomic mass is 9.94. The molecule has 0 atom stereocenters. The number of carboxylic acid groups (broad SMARTS) is 2. The van der Waals surface area contributed by atoms with Gasteiger partial charge in [-0.05, 0) is 67.1 Å². The van der Waals surface area contributed by atoms with Crippen molar-refractivity contribution in [2.24, 2.45) is 0 Å². The van der Waals surface area contributed by atoms with E-state index in [2.05, 4.69) is 5.32 Å². The average Bonchev–Trinajstić information content (AvgIpc) is 3.59. The Morgan fingerprint density at radius 3 is 2.26 bits per heavy atom. The lowest BCUT2D eigenvalue weighted by molar-refractivity contribution is -0.192. The van der Waals surface area contributed by atoms with E-state index in [1.165, 1.54) is 0 Å². The van der Waals surface area contributed by atoms with Gasteiger partial charge in [0, 0.05) is 24.7 Å². The van der Waals surface area contributed by atoms with Crippen LogP contribution >= 0.6 is 0 Å². The van der Waals surface area contributed by atoms with Crippen molar-refractivity contribution in [1.29, 1.82) is 5.41 Å². The monoisotopic (exact) mass is 607 g/mol. The molecule has 1 aliphatic carbocycles. The summed E-state index contributed by atoms with van der Waals surface area (Å²) in [6.45, 7) is 2.18. The number of carboxylic acids is 2. The molecule has 1 heterocycles. The number of alkyl halides is 3. The zero-order valence-electron chi connectivity index (χ0n) is 23.5. The van der Waals surface area contributed by atoms with Gasteiger partial charge in [0.2, 0.25) is 0 Å². The third-order valence-corrected chi connectivity index (χ3v) is 6.96. The fraction of sp³-hybridized carbons (Fsp3) is 0.414. The molecule has 1 amide bonds. The van der Waals surface area contributed by atoms with Gasteiger partial charge in [-0.15, -0.1) is 0 Å². The average molecular weight is 608 g/mol. The Bertz CT molecular complexity index is 1400. The molecular formula is C29H32F3N3O8. The molecule has 232 valence electrons. The number of ether oxygens (including phenoxy) is 2. The summed E-state index contributed by atoms with van der Waals surface area (Å²) in [6.07, 6.45) is -0.954. The number of carbonyl (C=O) groups is 4. The van der Waals surface area contributed by atoms with Crippen LogP contribution < -0.4 is 14.8 Å². The fourth-order valence-corrected chi connectivity index (χ4v) is 4.96. The van der Waals surface area contributed by atoms with E-state index in [-0.39, 0.29) is 30.0 Å². The first-order valence-electron chi connectivity index (χ1n) is 13.4. The highest BCUT2D eigenvalue weighted by Gasteiger charge is 2.38. The SMILES string of the molecule is CCOc1cc2c(cc1C(=O)NC)C(=N)N(CC(=O)c1ccc(OCC(=O)O)c(C3CCCC3)c1)C2.O=C(O)C(F)(F)F. The Balaban J connectivity index is 0.000000646. The number of amidine groups is 1. The number of nitrogens with zero attached hydrogens (tertiary/aromatic N) is 1. The maximum Gasteiger partial charge on any atom is 0.490 e. The number of benzene rings is 2. The Kier molecular flexibility index (Phi) is 10.7. The van der Waals surface area contributed by atoms with E-state index in [0.29, 0.717) is 41.3 Å². The third kappa shape index (κ3) is 8.23. The molecule has 2 aliphatic rings. The lowest BCUT2D eigenvalue weighted by Crippen LogP contribution is -2.30. The third-order valence-electron chi connectivity index (χ3n) is 6.96. The first-order valence-corrected chi connectivity index (χ1v) is 13.4. The standard InChI is InChI=1S/C27H31N3O6.C2HF3O2/c1-3-35-24-11-18-13-30(26(28)20(18)12-21(24)27(34)29-2)14-22(31)17-8-9-23(36-15-25(32)33)19(10-17)16-6-4-5-7-16;3-2(4,5)1(6)7/h8-12,16,28H,3-7,13-15H2,1-2H3,(H,29,34)(H,32,33);(H,6,7). The van der Waals surface area contributed by atoms with Gasteiger partial charge in [-0.3, -0.25) is 15.0 Å². The van der Waals surface area contributed by atoms with Crippen LogP contribution in [0.4, 0.5) is 13.2 Å². The Hall–Kier alpha value is -4.62. The second-order valence-electron chi connectivity index (χ2n) is 9.86. The minimum atomic E-state index is -5.08. The molecule has 11 nitrogen and oxygen atoms in total. The van der Waals surface area contributed by atoms with E-state index in [4.69, 9.17) is 29.9 Å². The van der Waals surface area contributed by atoms with Crippen molar-refractivity contribution in [2.45, 2.75) is 51.2 Å². The van der Waals surface area contributed by atoms with E-state index in [0.717, 1.165) is 36.8 Å². The van der Waals surface area contributed by atoms with Gasteiger partial charge in [-0.1, -0.05) is 12.8 Å². The van der Waals surface area contributed by atoms with E-state index in [1.807, 2.05) is 13.0 Å². The molecule has 4 rings (SSSR count). The normalized spacial score (nSPS) is 14.4. The number of ketones is 1. The molecule has 1 aliphatic heterocycles.